The molecular weight excluding hydrogens is 199 g/mol. The predicted octanol–water partition coefficient (Wildman–Crippen LogP) is 0.909. The molecule has 0 unspecified atom stereocenters. The maximum Gasteiger partial charge on any atom is 0.278 e. The summed E-state index contributed by atoms with van der Waals surface area (Å²) in [6.07, 6.45) is 0. The van der Waals surface area contributed by atoms with Crippen LogP contribution in [-0.2, 0) is 0 Å². The van der Waals surface area contributed by atoms with Gasteiger partial charge in [0.1, 0.15) is 13.7 Å². The molecule has 0 saturated carbocycles. The summed E-state index contributed by atoms with van der Waals surface area (Å²) >= 11 is 0. The topological polar surface area (TPSA) is 32.7 Å². The number of benzene rings is 1. The van der Waals surface area contributed by atoms with Crippen LogP contribution in [0.1, 0.15) is 22.8 Å². The molecule has 16 heavy (non-hydrogen) atoms. The van der Waals surface area contributed by atoms with Gasteiger partial charge in [0.25, 0.3) is 5.91 Å². The van der Waals surface area contributed by atoms with Gasteiger partial charge in [-0.1, -0.05) is 23.2 Å². The third-order valence-electron chi connectivity index (χ3n) is 2.44. The number of hydrogen-bond donors (Lipinski definition) is 0. The molecule has 0 fully saturated rings. The first-order chi connectivity index (χ1) is 7.41. The number of aliphatic imine (C=N–C) groups is 1. The first-order valence-corrected chi connectivity index (χ1v) is 5.05. The van der Waals surface area contributed by atoms with Crippen LogP contribution in [0.2, 0.25) is 0 Å². The lowest BCUT2D eigenvalue weighted by Gasteiger charge is -2.10. The van der Waals surface area contributed by atoms with Crippen LogP contribution in [0.3, 0.4) is 0 Å². The van der Waals surface area contributed by atoms with Gasteiger partial charge in [-0.2, -0.15) is 4.99 Å². The molecule has 0 bridgehead atoms. The molecule has 0 aromatic heterocycles. The summed E-state index contributed by atoms with van der Waals surface area (Å²) in [6.45, 7) is 3.69. The summed E-state index contributed by atoms with van der Waals surface area (Å²) in [5.41, 5.74) is 2.10. The van der Waals surface area contributed by atoms with Gasteiger partial charge in [-0.15, -0.1) is 0 Å². The van der Waals surface area contributed by atoms with Crippen molar-refractivity contribution in [1.29, 1.82) is 0 Å². The van der Waals surface area contributed by atoms with Gasteiger partial charge in [-0.3, -0.25) is 4.79 Å². The summed E-state index contributed by atoms with van der Waals surface area (Å²) in [7, 11) is 9.42. The zero-order chi connectivity index (χ0) is 12.3. The Labute approximate surface area is 97.6 Å². The third-order valence-corrected chi connectivity index (χ3v) is 2.44. The normalized spacial score (nSPS) is 11.4. The second kappa shape index (κ2) is 4.97. The van der Waals surface area contributed by atoms with Crippen LogP contribution < -0.4 is 5.46 Å². The molecule has 0 aliphatic rings. The summed E-state index contributed by atoms with van der Waals surface area (Å²) in [5, 5.41) is 0. The Kier molecular flexibility index (Phi) is 3.88. The van der Waals surface area contributed by atoms with Crippen molar-refractivity contribution in [1.82, 2.24) is 4.90 Å². The SMILES string of the molecule is [B]c1cc(C(=O)N=C(C)N(C)C)ccc1C. The summed E-state index contributed by atoms with van der Waals surface area (Å²) in [4.78, 5) is 17.5. The highest BCUT2D eigenvalue weighted by Gasteiger charge is 2.06. The van der Waals surface area contributed by atoms with Gasteiger partial charge in [0.2, 0.25) is 0 Å². The van der Waals surface area contributed by atoms with E-state index in [-0.39, 0.29) is 5.91 Å². The molecule has 1 aromatic carbocycles. The minimum absolute atomic E-state index is 0.266. The number of rotatable bonds is 1. The molecule has 0 aliphatic carbocycles. The molecule has 4 heteroatoms. The van der Waals surface area contributed by atoms with E-state index in [2.05, 4.69) is 4.99 Å². The number of amides is 1. The zero-order valence-corrected chi connectivity index (χ0v) is 10.1. The average Bonchev–Trinajstić information content (AvgIpc) is 2.21. The predicted molar refractivity (Wildman–Crippen MR) is 67.7 cm³/mol. The Morgan fingerprint density at radius 2 is 2.00 bits per heavy atom. The van der Waals surface area contributed by atoms with E-state index in [1.54, 1.807) is 24.0 Å². The van der Waals surface area contributed by atoms with E-state index in [1.165, 1.54) is 0 Å². The lowest BCUT2D eigenvalue weighted by molar-refractivity contribution is 0.100. The Bertz CT molecular complexity index is 439. The van der Waals surface area contributed by atoms with Crippen molar-refractivity contribution < 1.29 is 4.79 Å². The van der Waals surface area contributed by atoms with Crippen molar-refractivity contribution in [2.75, 3.05) is 14.1 Å². The van der Waals surface area contributed by atoms with Crippen LogP contribution in [0.4, 0.5) is 0 Å². The van der Waals surface area contributed by atoms with E-state index in [0.29, 0.717) is 16.9 Å². The Morgan fingerprint density at radius 3 is 2.50 bits per heavy atom. The highest BCUT2D eigenvalue weighted by molar-refractivity contribution is 6.33. The lowest BCUT2D eigenvalue weighted by Crippen LogP contribution is -2.20. The molecule has 0 aliphatic heterocycles. The summed E-state index contributed by atoms with van der Waals surface area (Å²) in [6, 6.07) is 5.22. The fourth-order valence-corrected chi connectivity index (χ4v) is 1.09. The Morgan fingerprint density at radius 1 is 1.38 bits per heavy atom. The Balaban J connectivity index is 2.98. The van der Waals surface area contributed by atoms with Gasteiger partial charge in [-0.25, -0.2) is 0 Å². The number of carbonyl (C=O) groups excluding carboxylic acids is 1. The largest absolute Gasteiger partial charge is 0.366 e. The first kappa shape index (κ1) is 12.5. The molecular formula is C12H15BN2O. The fraction of sp³-hybridized carbons (Fsp3) is 0.333. The highest BCUT2D eigenvalue weighted by Crippen LogP contribution is 2.03. The van der Waals surface area contributed by atoms with Crippen LogP contribution in [0.15, 0.2) is 23.2 Å². The van der Waals surface area contributed by atoms with Gasteiger partial charge in [-0.05, 0) is 19.9 Å². The smallest absolute Gasteiger partial charge is 0.278 e. The minimum atomic E-state index is -0.266. The summed E-state index contributed by atoms with van der Waals surface area (Å²) in [5.74, 6) is 0.405. The van der Waals surface area contributed by atoms with E-state index in [1.807, 2.05) is 27.1 Å². The molecule has 0 heterocycles. The molecule has 0 N–H and O–H groups in total. The van der Waals surface area contributed by atoms with E-state index < -0.39 is 0 Å². The van der Waals surface area contributed by atoms with Crippen LogP contribution in [0.5, 0.6) is 0 Å². The third kappa shape index (κ3) is 2.96. The fourth-order valence-electron chi connectivity index (χ4n) is 1.09. The van der Waals surface area contributed by atoms with Crippen LogP contribution in [-0.4, -0.2) is 38.6 Å². The van der Waals surface area contributed by atoms with Crippen molar-refractivity contribution >= 4 is 25.1 Å². The first-order valence-electron chi connectivity index (χ1n) is 5.05. The summed E-state index contributed by atoms with van der Waals surface area (Å²) < 4.78 is 0. The van der Waals surface area contributed by atoms with E-state index >= 15 is 0 Å². The maximum absolute atomic E-state index is 11.8. The molecule has 3 nitrogen and oxygen atoms in total. The second-order valence-electron chi connectivity index (χ2n) is 3.93. The van der Waals surface area contributed by atoms with Crippen molar-refractivity contribution in [2.24, 2.45) is 4.99 Å². The van der Waals surface area contributed by atoms with Gasteiger partial charge in [0.15, 0.2) is 0 Å². The van der Waals surface area contributed by atoms with E-state index in [0.717, 1.165) is 5.56 Å². The molecule has 2 radical (unpaired) electrons. The number of amidine groups is 1. The monoisotopic (exact) mass is 214 g/mol. The Hall–Kier alpha value is -1.58. The quantitative estimate of drug-likeness (QED) is 0.395. The number of carbonyl (C=O) groups is 1. The number of hydrogen-bond acceptors (Lipinski definition) is 1. The van der Waals surface area contributed by atoms with Crippen molar-refractivity contribution in [3.8, 4) is 0 Å². The standard InChI is InChI=1S/C12H15BN2O/c1-8-5-6-10(7-11(8)13)12(16)14-9(2)15(3)4/h5-7H,1-4H3. The van der Waals surface area contributed by atoms with Crippen LogP contribution in [0, 0.1) is 6.92 Å². The van der Waals surface area contributed by atoms with Crippen molar-refractivity contribution in [3.05, 3.63) is 29.3 Å². The van der Waals surface area contributed by atoms with Crippen molar-refractivity contribution in [3.63, 3.8) is 0 Å². The highest BCUT2D eigenvalue weighted by atomic mass is 16.1. The number of nitrogens with zero attached hydrogens (tertiary/aromatic N) is 2. The molecule has 1 amide bonds. The maximum atomic E-state index is 11.8. The average molecular weight is 214 g/mol. The lowest BCUT2D eigenvalue weighted by atomic mass is 9.89. The minimum Gasteiger partial charge on any atom is -0.366 e. The second-order valence-corrected chi connectivity index (χ2v) is 3.93. The van der Waals surface area contributed by atoms with E-state index in [9.17, 15) is 4.79 Å². The van der Waals surface area contributed by atoms with Crippen molar-refractivity contribution in [2.45, 2.75) is 13.8 Å². The molecule has 0 spiro atoms. The molecule has 82 valence electrons. The molecule has 0 atom stereocenters. The van der Waals surface area contributed by atoms with Gasteiger partial charge >= 0.3 is 0 Å². The molecule has 1 rings (SSSR count). The zero-order valence-electron chi connectivity index (χ0n) is 10.1. The van der Waals surface area contributed by atoms with Gasteiger partial charge < -0.3 is 4.90 Å². The van der Waals surface area contributed by atoms with Crippen LogP contribution >= 0.6 is 0 Å². The molecule has 0 saturated heterocycles. The van der Waals surface area contributed by atoms with Gasteiger partial charge in [0.05, 0.1) is 0 Å². The van der Waals surface area contributed by atoms with Crippen LogP contribution in [0.25, 0.3) is 0 Å². The van der Waals surface area contributed by atoms with Gasteiger partial charge in [0, 0.05) is 19.7 Å². The number of aryl methyl sites for hydroxylation is 1. The van der Waals surface area contributed by atoms with E-state index in [4.69, 9.17) is 7.85 Å². The molecule has 1 aromatic rings.